The van der Waals surface area contributed by atoms with E-state index in [-0.39, 0.29) is 18.8 Å². The summed E-state index contributed by atoms with van der Waals surface area (Å²) in [6.07, 6.45) is 0. The molecule has 2 amide bonds. The maximum absolute atomic E-state index is 12.1. The number of nitrogens with one attached hydrogen (secondary N) is 3. The lowest BCUT2D eigenvalue weighted by molar-refractivity contribution is -0.385. The highest BCUT2D eigenvalue weighted by molar-refractivity contribution is 5.96. The molecular weight excluding hydrogens is 364 g/mol. The van der Waals surface area contributed by atoms with E-state index in [2.05, 4.69) is 16.0 Å². The molecule has 0 saturated heterocycles. The molecule has 0 bridgehead atoms. The molecule has 148 valence electrons. The molecule has 0 radical (unpaired) electrons. The predicted molar refractivity (Wildman–Crippen MR) is 106 cm³/mol. The van der Waals surface area contributed by atoms with Gasteiger partial charge in [0.1, 0.15) is 5.75 Å². The van der Waals surface area contributed by atoms with Crippen molar-refractivity contribution < 1.29 is 19.2 Å². The van der Waals surface area contributed by atoms with Crippen LogP contribution in [0.15, 0.2) is 36.4 Å². The third-order valence-electron chi connectivity index (χ3n) is 4.02. The zero-order chi connectivity index (χ0) is 20.7. The fraction of sp³-hybridized carbons (Fsp3) is 0.263. The van der Waals surface area contributed by atoms with Gasteiger partial charge in [-0.2, -0.15) is 0 Å². The molecule has 2 aromatic rings. The summed E-state index contributed by atoms with van der Waals surface area (Å²) in [5.74, 6) is -0.297. The van der Waals surface area contributed by atoms with Crippen molar-refractivity contribution >= 4 is 28.9 Å². The average molecular weight is 386 g/mol. The minimum absolute atomic E-state index is 0.0307. The lowest BCUT2D eigenvalue weighted by Crippen LogP contribution is -2.36. The molecule has 2 aromatic carbocycles. The molecule has 2 rings (SSSR count). The number of nitrogens with zero attached hydrogens (tertiary/aromatic N) is 1. The largest absolute Gasteiger partial charge is 0.495 e. The van der Waals surface area contributed by atoms with Crippen LogP contribution in [0.4, 0.5) is 17.1 Å². The summed E-state index contributed by atoms with van der Waals surface area (Å²) >= 11 is 0. The molecule has 9 nitrogen and oxygen atoms in total. The van der Waals surface area contributed by atoms with Crippen molar-refractivity contribution in [3.8, 4) is 5.75 Å². The van der Waals surface area contributed by atoms with E-state index in [0.717, 1.165) is 5.56 Å². The fourth-order valence-corrected chi connectivity index (χ4v) is 2.54. The molecule has 3 N–H and O–H groups in total. The number of hydrogen-bond donors (Lipinski definition) is 3. The van der Waals surface area contributed by atoms with E-state index in [1.165, 1.54) is 19.2 Å². The van der Waals surface area contributed by atoms with Crippen molar-refractivity contribution in [3.63, 3.8) is 0 Å². The summed E-state index contributed by atoms with van der Waals surface area (Å²) < 4.78 is 5.19. The van der Waals surface area contributed by atoms with Crippen LogP contribution in [0.1, 0.15) is 11.1 Å². The zero-order valence-electron chi connectivity index (χ0n) is 15.9. The summed E-state index contributed by atoms with van der Waals surface area (Å²) in [5.41, 5.74) is 2.36. The number of nitro groups is 1. The van der Waals surface area contributed by atoms with Gasteiger partial charge in [-0.15, -0.1) is 0 Å². The average Bonchev–Trinajstić information content (AvgIpc) is 2.65. The number of aryl methyl sites for hydroxylation is 1. The number of anilines is 2. The molecule has 0 aliphatic rings. The van der Waals surface area contributed by atoms with Crippen LogP contribution in [-0.4, -0.2) is 36.9 Å². The number of nitro benzene ring substituents is 1. The van der Waals surface area contributed by atoms with Crippen LogP contribution >= 0.6 is 0 Å². The van der Waals surface area contributed by atoms with Gasteiger partial charge in [-0.1, -0.05) is 12.1 Å². The quantitative estimate of drug-likeness (QED) is 0.473. The molecule has 0 aromatic heterocycles. The number of rotatable bonds is 8. The second kappa shape index (κ2) is 9.36. The van der Waals surface area contributed by atoms with Crippen LogP contribution in [0.5, 0.6) is 5.75 Å². The standard InChI is InChI=1S/C19H22N4O5/c1-12-7-8-17(28-3)15(9-12)22-19(25)11-21-18(24)10-20-14-5-4-6-16(13(14)2)23(26)27/h4-9,20H,10-11H2,1-3H3,(H,21,24)(H,22,25). The lowest BCUT2D eigenvalue weighted by atomic mass is 10.1. The Hall–Kier alpha value is -3.62. The third kappa shape index (κ3) is 5.44. The van der Waals surface area contributed by atoms with Crippen LogP contribution in [-0.2, 0) is 9.59 Å². The molecule has 0 spiro atoms. The highest BCUT2D eigenvalue weighted by Gasteiger charge is 2.14. The predicted octanol–water partition coefficient (Wildman–Crippen LogP) is 2.39. The zero-order valence-corrected chi connectivity index (χ0v) is 15.9. The van der Waals surface area contributed by atoms with Gasteiger partial charge in [0.25, 0.3) is 5.69 Å². The van der Waals surface area contributed by atoms with Gasteiger partial charge in [0.2, 0.25) is 11.8 Å². The Morgan fingerprint density at radius 1 is 1.07 bits per heavy atom. The summed E-state index contributed by atoms with van der Waals surface area (Å²) in [4.78, 5) is 34.5. The van der Waals surface area contributed by atoms with E-state index in [0.29, 0.717) is 22.7 Å². The number of carbonyl (C=O) groups excluding carboxylic acids is 2. The molecule has 0 unspecified atom stereocenters. The number of ether oxygens (including phenoxy) is 1. The van der Waals surface area contributed by atoms with Gasteiger partial charge in [0.05, 0.1) is 30.8 Å². The van der Waals surface area contributed by atoms with Gasteiger partial charge >= 0.3 is 0 Å². The minimum Gasteiger partial charge on any atom is -0.495 e. The maximum Gasteiger partial charge on any atom is 0.274 e. The van der Waals surface area contributed by atoms with Gasteiger partial charge in [0.15, 0.2) is 0 Å². The SMILES string of the molecule is COc1ccc(C)cc1NC(=O)CNC(=O)CNc1cccc([N+](=O)[O-])c1C. The van der Waals surface area contributed by atoms with E-state index in [1.807, 2.05) is 13.0 Å². The Morgan fingerprint density at radius 3 is 2.50 bits per heavy atom. The first kappa shape index (κ1) is 20.7. The van der Waals surface area contributed by atoms with E-state index in [1.54, 1.807) is 25.1 Å². The molecule has 0 aliphatic heterocycles. The van der Waals surface area contributed by atoms with Crippen LogP contribution in [0, 0.1) is 24.0 Å². The highest BCUT2D eigenvalue weighted by atomic mass is 16.6. The minimum atomic E-state index is -0.482. The van der Waals surface area contributed by atoms with Crippen LogP contribution in [0.25, 0.3) is 0 Å². The Morgan fingerprint density at radius 2 is 1.82 bits per heavy atom. The van der Waals surface area contributed by atoms with E-state index in [4.69, 9.17) is 4.74 Å². The van der Waals surface area contributed by atoms with Gasteiger partial charge in [-0.05, 0) is 37.6 Å². The number of carbonyl (C=O) groups is 2. The first-order valence-corrected chi connectivity index (χ1v) is 8.51. The van der Waals surface area contributed by atoms with Gasteiger partial charge in [-0.25, -0.2) is 0 Å². The summed E-state index contributed by atoms with van der Waals surface area (Å²) in [5, 5.41) is 19.0. The second-order valence-electron chi connectivity index (χ2n) is 6.09. The van der Waals surface area contributed by atoms with E-state index >= 15 is 0 Å². The van der Waals surface area contributed by atoms with E-state index in [9.17, 15) is 19.7 Å². The summed E-state index contributed by atoms with van der Waals surface area (Å²) in [6.45, 7) is 3.15. The lowest BCUT2D eigenvalue weighted by Gasteiger charge is -2.12. The maximum atomic E-state index is 12.1. The van der Waals surface area contributed by atoms with E-state index < -0.39 is 16.7 Å². The molecule has 0 heterocycles. The first-order valence-electron chi connectivity index (χ1n) is 8.51. The van der Waals surface area contributed by atoms with Crippen molar-refractivity contribution in [1.82, 2.24) is 5.32 Å². The van der Waals surface area contributed by atoms with Gasteiger partial charge in [0, 0.05) is 17.3 Å². The molecule has 0 saturated carbocycles. The van der Waals surface area contributed by atoms with Gasteiger partial charge in [-0.3, -0.25) is 19.7 Å². The Bertz CT molecular complexity index is 898. The molecule has 0 aliphatic carbocycles. The number of benzene rings is 2. The summed E-state index contributed by atoms with van der Waals surface area (Å²) in [6, 6.07) is 9.95. The van der Waals surface area contributed by atoms with Crippen LogP contribution in [0.2, 0.25) is 0 Å². The third-order valence-corrected chi connectivity index (χ3v) is 4.02. The molecule has 0 fully saturated rings. The highest BCUT2D eigenvalue weighted by Crippen LogP contribution is 2.25. The fourth-order valence-electron chi connectivity index (χ4n) is 2.54. The Balaban J connectivity index is 1.86. The monoisotopic (exact) mass is 386 g/mol. The first-order chi connectivity index (χ1) is 13.3. The normalized spacial score (nSPS) is 10.1. The summed E-state index contributed by atoms with van der Waals surface area (Å²) in [7, 11) is 1.50. The Kier molecular flexibility index (Phi) is 6.91. The number of methoxy groups -OCH3 is 1. The molecule has 9 heteroatoms. The second-order valence-corrected chi connectivity index (χ2v) is 6.09. The Labute approximate surface area is 162 Å². The van der Waals surface area contributed by atoms with Crippen molar-refractivity contribution in [1.29, 1.82) is 0 Å². The van der Waals surface area contributed by atoms with Gasteiger partial charge < -0.3 is 20.7 Å². The van der Waals surface area contributed by atoms with Crippen molar-refractivity contribution in [2.24, 2.45) is 0 Å². The molecule has 0 atom stereocenters. The van der Waals surface area contributed by atoms with Crippen molar-refractivity contribution in [2.75, 3.05) is 30.8 Å². The van der Waals surface area contributed by atoms with Crippen molar-refractivity contribution in [3.05, 3.63) is 57.6 Å². The van der Waals surface area contributed by atoms with Crippen LogP contribution in [0.3, 0.4) is 0 Å². The number of amides is 2. The van der Waals surface area contributed by atoms with Crippen molar-refractivity contribution in [2.45, 2.75) is 13.8 Å². The van der Waals surface area contributed by atoms with Crippen LogP contribution < -0.4 is 20.7 Å². The molecule has 28 heavy (non-hydrogen) atoms. The molecular formula is C19H22N4O5. The topological polar surface area (TPSA) is 123 Å². The number of hydrogen-bond acceptors (Lipinski definition) is 6. The smallest absolute Gasteiger partial charge is 0.274 e.